The third-order valence-electron chi connectivity index (χ3n) is 5.09. The van der Waals surface area contributed by atoms with E-state index in [1.807, 2.05) is 0 Å². The Balaban J connectivity index is 1.53. The highest BCUT2D eigenvalue weighted by atomic mass is 19.1. The van der Waals surface area contributed by atoms with Crippen molar-refractivity contribution in [3.8, 4) is 0 Å². The van der Waals surface area contributed by atoms with Gasteiger partial charge in [-0.2, -0.15) is 0 Å². The first kappa shape index (κ1) is 16.2. The monoisotopic (exact) mass is 321 g/mol. The molecule has 3 rings (SSSR count). The third-order valence-corrected chi connectivity index (χ3v) is 5.09. The van der Waals surface area contributed by atoms with Crippen LogP contribution in [0.1, 0.15) is 38.5 Å². The summed E-state index contributed by atoms with van der Waals surface area (Å²) < 4.78 is 13.2. The summed E-state index contributed by atoms with van der Waals surface area (Å²) in [5.74, 6) is 0.284. The van der Waals surface area contributed by atoms with Crippen LogP contribution in [0.15, 0.2) is 18.2 Å². The zero-order chi connectivity index (χ0) is 16.2. The highest BCUT2D eigenvalue weighted by Crippen LogP contribution is 2.29. The van der Waals surface area contributed by atoms with Crippen molar-refractivity contribution in [2.45, 2.75) is 44.6 Å². The summed E-state index contributed by atoms with van der Waals surface area (Å²) in [5, 5.41) is 14.3. The van der Waals surface area contributed by atoms with Gasteiger partial charge in [0.1, 0.15) is 11.5 Å². The number of hydrogen-bond acceptors (Lipinski definition) is 4. The van der Waals surface area contributed by atoms with Gasteiger partial charge in [-0.15, -0.1) is 0 Å². The van der Waals surface area contributed by atoms with Crippen molar-refractivity contribution >= 4 is 11.4 Å². The van der Waals surface area contributed by atoms with Crippen LogP contribution in [-0.4, -0.2) is 35.5 Å². The Morgan fingerprint density at radius 1 is 1.22 bits per heavy atom. The number of likely N-dealkylation sites (tertiary alicyclic amines) is 1. The number of benzene rings is 1. The molecule has 1 aliphatic carbocycles. The Labute approximate surface area is 136 Å². The highest BCUT2D eigenvalue weighted by molar-refractivity contribution is 5.61. The van der Waals surface area contributed by atoms with Crippen molar-refractivity contribution in [3.63, 3.8) is 0 Å². The maximum atomic E-state index is 13.2. The lowest BCUT2D eigenvalue weighted by atomic mass is 10.0. The molecule has 0 atom stereocenters. The fourth-order valence-electron chi connectivity index (χ4n) is 3.82. The van der Waals surface area contributed by atoms with E-state index in [2.05, 4.69) is 10.2 Å². The van der Waals surface area contributed by atoms with E-state index in [1.165, 1.54) is 44.4 Å². The van der Waals surface area contributed by atoms with Gasteiger partial charge in [0.2, 0.25) is 0 Å². The smallest absolute Gasteiger partial charge is 0.295 e. The summed E-state index contributed by atoms with van der Waals surface area (Å²) in [4.78, 5) is 13.0. The molecule has 23 heavy (non-hydrogen) atoms. The van der Waals surface area contributed by atoms with E-state index in [9.17, 15) is 14.5 Å². The highest BCUT2D eigenvalue weighted by Gasteiger charge is 2.25. The first-order valence-electron chi connectivity index (χ1n) is 8.54. The van der Waals surface area contributed by atoms with Gasteiger partial charge in [-0.25, -0.2) is 4.39 Å². The average Bonchev–Trinajstić information content (AvgIpc) is 3.04. The van der Waals surface area contributed by atoms with E-state index in [-0.39, 0.29) is 11.7 Å². The fourth-order valence-corrected chi connectivity index (χ4v) is 3.82. The second-order valence-corrected chi connectivity index (χ2v) is 6.79. The summed E-state index contributed by atoms with van der Waals surface area (Å²) in [6.07, 6.45) is 7.41. The van der Waals surface area contributed by atoms with Crippen LogP contribution in [0, 0.1) is 21.8 Å². The van der Waals surface area contributed by atoms with Gasteiger partial charge in [-0.3, -0.25) is 10.1 Å². The summed E-state index contributed by atoms with van der Waals surface area (Å²) in [6, 6.07) is 3.94. The molecule has 0 aromatic heterocycles. The topological polar surface area (TPSA) is 58.4 Å². The summed E-state index contributed by atoms with van der Waals surface area (Å²) in [6.45, 7) is 3.26. The number of nitro groups is 1. The summed E-state index contributed by atoms with van der Waals surface area (Å²) in [5.41, 5.74) is 0.240. The van der Waals surface area contributed by atoms with Crippen molar-refractivity contribution in [2.75, 3.05) is 25.0 Å². The molecule has 0 spiro atoms. The van der Waals surface area contributed by atoms with Crippen molar-refractivity contribution in [3.05, 3.63) is 34.1 Å². The van der Waals surface area contributed by atoms with Crippen LogP contribution in [0.4, 0.5) is 15.8 Å². The first-order valence-corrected chi connectivity index (χ1v) is 8.54. The molecule has 2 aliphatic rings. The minimum atomic E-state index is -0.575. The van der Waals surface area contributed by atoms with E-state index in [0.29, 0.717) is 5.69 Å². The number of nitro benzene ring substituents is 1. The average molecular weight is 321 g/mol. The van der Waals surface area contributed by atoms with Crippen LogP contribution in [0.5, 0.6) is 0 Å². The molecule has 1 aromatic rings. The molecule has 0 radical (unpaired) electrons. The van der Waals surface area contributed by atoms with E-state index >= 15 is 0 Å². The van der Waals surface area contributed by atoms with Crippen molar-refractivity contribution < 1.29 is 9.31 Å². The largest absolute Gasteiger partial charge is 0.377 e. The number of anilines is 1. The lowest BCUT2D eigenvalue weighted by Gasteiger charge is -2.34. The van der Waals surface area contributed by atoms with Crippen LogP contribution in [0.2, 0.25) is 0 Å². The van der Waals surface area contributed by atoms with Gasteiger partial charge in [0.05, 0.1) is 11.0 Å². The van der Waals surface area contributed by atoms with Crippen molar-refractivity contribution in [2.24, 2.45) is 5.92 Å². The van der Waals surface area contributed by atoms with Crippen LogP contribution in [0.3, 0.4) is 0 Å². The summed E-state index contributed by atoms with van der Waals surface area (Å²) in [7, 11) is 0. The number of hydrogen-bond donors (Lipinski definition) is 1. The quantitative estimate of drug-likeness (QED) is 0.662. The van der Waals surface area contributed by atoms with Gasteiger partial charge < -0.3 is 10.2 Å². The Hall–Kier alpha value is -1.69. The van der Waals surface area contributed by atoms with Gasteiger partial charge in [0, 0.05) is 25.7 Å². The number of nitrogens with zero attached hydrogens (tertiary/aromatic N) is 2. The van der Waals surface area contributed by atoms with E-state index in [1.54, 1.807) is 0 Å². The third kappa shape index (κ3) is 4.19. The molecule has 2 fully saturated rings. The predicted molar refractivity (Wildman–Crippen MR) is 88.1 cm³/mol. The molecule has 1 aromatic carbocycles. The molecule has 0 bridgehead atoms. The molecule has 0 amide bonds. The molecule has 5 nitrogen and oxygen atoms in total. The lowest BCUT2D eigenvalue weighted by molar-refractivity contribution is -0.384. The Bertz CT molecular complexity index is 553. The standard InChI is InChI=1S/C17H24FN3O2/c18-14-5-6-16(17(11-14)21(22)23)19-15-7-9-20(10-8-15)12-13-3-1-2-4-13/h5-6,11,13,15,19H,1-4,7-10,12H2. The number of nitrogens with one attached hydrogen (secondary N) is 1. The molecule has 1 aliphatic heterocycles. The minimum absolute atomic E-state index is 0.182. The Morgan fingerprint density at radius 2 is 1.91 bits per heavy atom. The van der Waals surface area contributed by atoms with Crippen LogP contribution < -0.4 is 5.32 Å². The van der Waals surface area contributed by atoms with Gasteiger partial charge in [0.15, 0.2) is 0 Å². The molecular formula is C17H24FN3O2. The van der Waals surface area contributed by atoms with Crippen molar-refractivity contribution in [1.29, 1.82) is 0 Å². The number of piperidine rings is 1. The Kier molecular flexibility index (Phi) is 5.10. The van der Waals surface area contributed by atoms with Crippen LogP contribution in [-0.2, 0) is 0 Å². The van der Waals surface area contributed by atoms with Crippen LogP contribution in [0.25, 0.3) is 0 Å². The fraction of sp³-hybridized carbons (Fsp3) is 0.647. The van der Waals surface area contributed by atoms with E-state index in [4.69, 9.17) is 0 Å². The zero-order valence-corrected chi connectivity index (χ0v) is 13.3. The first-order chi connectivity index (χ1) is 11.1. The second kappa shape index (κ2) is 7.25. The molecule has 1 heterocycles. The molecule has 1 saturated carbocycles. The second-order valence-electron chi connectivity index (χ2n) is 6.79. The molecule has 6 heteroatoms. The maximum Gasteiger partial charge on any atom is 0.295 e. The predicted octanol–water partition coefficient (Wildman–Crippen LogP) is 3.80. The van der Waals surface area contributed by atoms with E-state index < -0.39 is 10.7 Å². The molecule has 0 unspecified atom stereocenters. The molecule has 126 valence electrons. The SMILES string of the molecule is O=[N+]([O-])c1cc(F)ccc1NC1CCN(CC2CCCC2)CC1. The van der Waals surface area contributed by atoms with Gasteiger partial charge in [0.25, 0.3) is 5.69 Å². The maximum absolute atomic E-state index is 13.2. The molecule has 1 saturated heterocycles. The van der Waals surface area contributed by atoms with Gasteiger partial charge >= 0.3 is 0 Å². The zero-order valence-electron chi connectivity index (χ0n) is 13.3. The van der Waals surface area contributed by atoms with Crippen LogP contribution >= 0.6 is 0 Å². The summed E-state index contributed by atoms with van der Waals surface area (Å²) >= 11 is 0. The van der Waals surface area contributed by atoms with Gasteiger partial charge in [-0.05, 0) is 43.7 Å². The Morgan fingerprint density at radius 3 is 2.57 bits per heavy atom. The molecular weight excluding hydrogens is 297 g/mol. The molecule has 1 N–H and O–H groups in total. The normalized spacial score (nSPS) is 20.7. The van der Waals surface area contributed by atoms with Gasteiger partial charge in [-0.1, -0.05) is 12.8 Å². The number of halogens is 1. The minimum Gasteiger partial charge on any atom is -0.377 e. The lowest BCUT2D eigenvalue weighted by Crippen LogP contribution is -2.41. The number of rotatable bonds is 5. The van der Waals surface area contributed by atoms with Crippen molar-refractivity contribution in [1.82, 2.24) is 4.90 Å². The van der Waals surface area contributed by atoms with E-state index in [0.717, 1.165) is 37.9 Å².